The van der Waals surface area contributed by atoms with Crippen LogP contribution in [0, 0.1) is 0 Å². The average Bonchev–Trinajstić information content (AvgIpc) is 2.30. The first-order valence-electron chi connectivity index (χ1n) is 5.61. The highest BCUT2D eigenvalue weighted by atomic mass is 32.2. The van der Waals surface area contributed by atoms with E-state index in [-0.39, 0.29) is 17.9 Å². The minimum absolute atomic E-state index is 0.0731. The molecule has 0 heterocycles. The van der Waals surface area contributed by atoms with E-state index in [1.54, 1.807) is 23.7 Å². The highest BCUT2D eigenvalue weighted by molar-refractivity contribution is 7.98. The average molecular weight is 278 g/mol. The van der Waals surface area contributed by atoms with Gasteiger partial charge in [-0.25, -0.2) is 0 Å². The summed E-state index contributed by atoms with van der Waals surface area (Å²) in [5.74, 6) is 0.941. The summed E-state index contributed by atoms with van der Waals surface area (Å²) in [6, 6.07) is -0.328. The van der Waals surface area contributed by atoms with E-state index in [0.717, 1.165) is 12.2 Å². The van der Waals surface area contributed by atoms with Crippen LogP contribution in [-0.4, -0.2) is 53.6 Å². The van der Waals surface area contributed by atoms with Gasteiger partial charge in [0.2, 0.25) is 11.8 Å². The normalized spacial score (nSPS) is 13.9. The lowest BCUT2D eigenvalue weighted by Crippen LogP contribution is -2.51. The molecule has 100 valence electrons. The number of hydrogen-bond donors (Lipinski definition) is 2. The van der Waals surface area contributed by atoms with E-state index >= 15 is 0 Å². The molecule has 2 atom stereocenters. The van der Waals surface area contributed by atoms with Gasteiger partial charge in [0.1, 0.15) is 6.04 Å². The second-order valence-electron chi connectivity index (χ2n) is 3.90. The molecule has 0 fully saturated rings. The Morgan fingerprint density at radius 3 is 2.41 bits per heavy atom. The first kappa shape index (κ1) is 16.6. The van der Waals surface area contributed by atoms with Crippen LogP contribution in [0.1, 0.15) is 20.3 Å². The van der Waals surface area contributed by atoms with E-state index in [0.29, 0.717) is 5.75 Å². The zero-order chi connectivity index (χ0) is 13.4. The van der Waals surface area contributed by atoms with Crippen LogP contribution in [0.4, 0.5) is 0 Å². The molecule has 1 N–H and O–H groups in total. The number of carbonyl (C=O) groups is 2. The minimum Gasteiger partial charge on any atom is -0.344 e. The zero-order valence-electron chi connectivity index (χ0n) is 10.9. The van der Waals surface area contributed by atoms with Crippen LogP contribution in [0.2, 0.25) is 0 Å². The first-order chi connectivity index (χ1) is 7.97. The molecule has 0 aromatic carbocycles. The highest BCUT2D eigenvalue weighted by Crippen LogP contribution is 2.10. The third-order valence-electron chi connectivity index (χ3n) is 2.58. The quantitative estimate of drug-likeness (QED) is 0.684. The van der Waals surface area contributed by atoms with Crippen LogP contribution in [-0.2, 0) is 9.59 Å². The fourth-order valence-electron chi connectivity index (χ4n) is 1.55. The van der Waals surface area contributed by atoms with Gasteiger partial charge < -0.3 is 10.2 Å². The number of nitrogens with one attached hydrogen (secondary N) is 1. The summed E-state index contributed by atoms with van der Waals surface area (Å²) in [7, 11) is 1.78. The second-order valence-corrected chi connectivity index (χ2v) is 5.18. The molecule has 0 aliphatic heterocycles. The molecule has 0 aromatic rings. The molecular formula is C11H22N2O2S2. The number of thiol groups is 1. The molecule has 0 saturated carbocycles. The lowest BCUT2D eigenvalue weighted by Gasteiger charge is -2.30. The lowest BCUT2D eigenvalue weighted by molar-refractivity contribution is -0.135. The number of rotatable bonds is 7. The molecule has 17 heavy (non-hydrogen) atoms. The van der Waals surface area contributed by atoms with Crippen molar-refractivity contribution in [1.29, 1.82) is 0 Å². The summed E-state index contributed by atoms with van der Waals surface area (Å²) in [5, 5.41) is 2.62. The van der Waals surface area contributed by atoms with Gasteiger partial charge in [0.25, 0.3) is 0 Å². The van der Waals surface area contributed by atoms with E-state index in [9.17, 15) is 9.59 Å². The van der Waals surface area contributed by atoms with E-state index in [1.807, 2.05) is 6.26 Å². The Kier molecular flexibility index (Phi) is 8.51. The molecule has 0 aliphatic rings. The Bertz CT molecular complexity index is 262. The van der Waals surface area contributed by atoms with Gasteiger partial charge in [-0.2, -0.15) is 24.4 Å². The number of hydrogen-bond acceptors (Lipinski definition) is 4. The molecule has 2 amide bonds. The number of thioether (sulfide) groups is 1. The van der Waals surface area contributed by atoms with Crippen LogP contribution in [0.3, 0.4) is 0 Å². The smallest absolute Gasteiger partial charge is 0.246 e. The van der Waals surface area contributed by atoms with E-state index in [4.69, 9.17) is 0 Å². The summed E-state index contributed by atoms with van der Waals surface area (Å²) >= 11 is 5.82. The summed E-state index contributed by atoms with van der Waals surface area (Å²) in [5.41, 5.74) is 0. The van der Waals surface area contributed by atoms with Gasteiger partial charge >= 0.3 is 0 Å². The molecule has 0 rings (SSSR count). The highest BCUT2D eigenvalue weighted by Gasteiger charge is 2.25. The molecule has 0 aliphatic carbocycles. The zero-order valence-corrected chi connectivity index (χ0v) is 12.6. The fraction of sp³-hybridized carbons (Fsp3) is 0.818. The van der Waals surface area contributed by atoms with Gasteiger partial charge in [0.15, 0.2) is 0 Å². The van der Waals surface area contributed by atoms with Crippen molar-refractivity contribution in [3.05, 3.63) is 0 Å². The largest absolute Gasteiger partial charge is 0.344 e. The monoisotopic (exact) mass is 278 g/mol. The predicted octanol–water partition coefficient (Wildman–Crippen LogP) is 1.02. The van der Waals surface area contributed by atoms with Crippen LogP contribution in [0.15, 0.2) is 0 Å². The molecule has 0 bridgehead atoms. The molecule has 6 heteroatoms. The SMILES string of the molecule is CCC(CSC)N(C)C(=O)C(CS)NC(C)=O. The Morgan fingerprint density at radius 1 is 1.47 bits per heavy atom. The van der Waals surface area contributed by atoms with E-state index in [1.165, 1.54) is 6.92 Å². The first-order valence-corrected chi connectivity index (χ1v) is 7.64. The van der Waals surface area contributed by atoms with Crippen molar-refractivity contribution < 1.29 is 9.59 Å². The third kappa shape index (κ3) is 5.68. The van der Waals surface area contributed by atoms with E-state index < -0.39 is 6.04 Å². The number of carbonyl (C=O) groups excluding carboxylic acids is 2. The van der Waals surface area contributed by atoms with Gasteiger partial charge in [-0.15, -0.1) is 0 Å². The summed E-state index contributed by atoms with van der Waals surface area (Å²) < 4.78 is 0. The molecule has 0 saturated heterocycles. The van der Waals surface area contributed by atoms with Crippen LogP contribution in [0.25, 0.3) is 0 Å². The van der Waals surface area contributed by atoms with Gasteiger partial charge in [-0.1, -0.05) is 6.92 Å². The summed E-state index contributed by atoms with van der Waals surface area (Å²) in [6.07, 6.45) is 2.92. The maximum atomic E-state index is 12.1. The van der Waals surface area contributed by atoms with Crippen molar-refractivity contribution in [1.82, 2.24) is 10.2 Å². The molecule has 0 aromatic heterocycles. The van der Waals surface area contributed by atoms with Gasteiger partial charge in [0, 0.05) is 31.5 Å². The van der Waals surface area contributed by atoms with Gasteiger partial charge in [-0.05, 0) is 12.7 Å². The maximum Gasteiger partial charge on any atom is 0.246 e. The Hall–Kier alpha value is -0.360. The second kappa shape index (κ2) is 8.69. The number of likely N-dealkylation sites (N-methyl/N-ethyl adjacent to an activating group) is 1. The van der Waals surface area contributed by atoms with E-state index in [2.05, 4.69) is 24.9 Å². The van der Waals surface area contributed by atoms with Crippen molar-refractivity contribution in [2.45, 2.75) is 32.4 Å². The lowest BCUT2D eigenvalue weighted by atomic mass is 10.2. The van der Waals surface area contributed by atoms with Crippen molar-refractivity contribution in [3.8, 4) is 0 Å². The molecular weight excluding hydrogens is 256 g/mol. The van der Waals surface area contributed by atoms with Gasteiger partial charge in [0.05, 0.1) is 0 Å². The minimum atomic E-state index is -0.531. The fourth-order valence-corrected chi connectivity index (χ4v) is 2.64. The number of nitrogens with zero attached hydrogens (tertiary/aromatic N) is 1. The number of amides is 2. The molecule has 0 spiro atoms. The summed E-state index contributed by atoms with van der Waals surface area (Å²) in [6.45, 7) is 3.46. The van der Waals surface area contributed by atoms with Crippen molar-refractivity contribution >= 4 is 36.2 Å². The maximum absolute atomic E-state index is 12.1. The third-order valence-corrected chi connectivity index (χ3v) is 3.67. The van der Waals surface area contributed by atoms with Crippen LogP contribution >= 0.6 is 24.4 Å². The predicted molar refractivity (Wildman–Crippen MR) is 76.7 cm³/mol. The molecule has 2 unspecified atom stereocenters. The topological polar surface area (TPSA) is 49.4 Å². The van der Waals surface area contributed by atoms with Gasteiger partial charge in [-0.3, -0.25) is 9.59 Å². The summed E-state index contributed by atoms with van der Waals surface area (Å²) in [4.78, 5) is 24.8. The van der Waals surface area contributed by atoms with Crippen molar-refractivity contribution in [2.24, 2.45) is 0 Å². The van der Waals surface area contributed by atoms with Crippen LogP contribution in [0.5, 0.6) is 0 Å². The Balaban J connectivity index is 4.57. The van der Waals surface area contributed by atoms with Crippen LogP contribution < -0.4 is 5.32 Å². The van der Waals surface area contributed by atoms with Crippen molar-refractivity contribution in [2.75, 3.05) is 24.8 Å². The molecule has 0 radical (unpaired) electrons. The Labute approximate surface area is 113 Å². The standard InChI is InChI=1S/C11H22N2O2S2/c1-5-9(7-17-4)13(3)11(15)10(6-16)12-8(2)14/h9-10,16H,5-7H2,1-4H3,(H,12,14). The molecule has 4 nitrogen and oxygen atoms in total. The van der Waals surface area contributed by atoms with Crippen molar-refractivity contribution in [3.63, 3.8) is 0 Å². The Morgan fingerprint density at radius 2 is 2.06 bits per heavy atom.